The zero-order valence-corrected chi connectivity index (χ0v) is 17.7. The van der Waals surface area contributed by atoms with Gasteiger partial charge in [0.15, 0.2) is 5.69 Å². The predicted molar refractivity (Wildman–Crippen MR) is 128 cm³/mol. The van der Waals surface area contributed by atoms with Gasteiger partial charge in [0.05, 0.1) is 18.3 Å². The van der Waals surface area contributed by atoms with Crippen molar-refractivity contribution in [3.63, 3.8) is 0 Å². The molecule has 8 nitrogen and oxygen atoms in total. The minimum Gasteiger partial charge on any atom is -0.496 e. The highest BCUT2D eigenvalue weighted by atomic mass is 16.5. The summed E-state index contributed by atoms with van der Waals surface area (Å²) in [6.07, 6.45) is 1.51. The number of rotatable bonds is 6. The van der Waals surface area contributed by atoms with Gasteiger partial charge in [-0.2, -0.15) is 5.10 Å². The fourth-order valence-electron chi connectivity index (χ4n) is 3.54. The molecule has 5 rings (SSSR count). The zero-order valence-electron chi connectivity index (χ0n) is 17.7. The quantitative estimate of drug-likeness (QED) is 0.345. The van der Waals surface area contributed by atoms with E-state index in [0.29, 0.717) is 17.2 Å². The molecule has 3 aromatic carbocycles. The maximum absolute atomic E-state index is 12.7. The van der Waals surface area contributed by atoms with E-state index in [0.717, 1.165) is 33.6 Å². The van der Waals surface area contributed by atoms with E-state index < -0.39 is 0 Å². The molecule has 0 unspecified atom stereocenters. The summed E-state index contributed by atoms with van der Waals surface area (Å²) in [5.74, 6) is 1.11. The first-order valence-electron chi connectivity index (χ1n) is 10.3. The van der Waals surface area contributed by atoms with Gasteiger partial charge in [0.2, 0.25) is 0 Å². The van der Waals surface area contributed by atoms with Crippen LogP contribution in [0.5, 0.6) is 5.75 Å². The first-order valence-corrected chi connectivity index (χ1v) is 10.3. The molecule has 0 atom stereocenters. The summed E-state index contributed by atoms with van der Waals surface area (Å²) in [7, 11) is 1.63. The Balaban J connectivity index is 1.30. The van der Waals surface area contributed by atoms with E-state index in [1.807, 2.05) is 78.9 Å². The monoisotopic (exact) mass is 436 g/mol. The summed E-state index contributed by atoms with van der Waals surface area (Å²) in [4.78, 5) is 21.3. The van der Waals surface area contributed by atoms with Crippen LogP contribution in [-0.4, -0.2) is 33.2 Å². The molecule has 0 radical (unpaired) electrons. The Hall–Kier alpha value is -4.72. The second kappa shape index (κ2) is 8.80. The Kier molecular flexibility index (Phi) is 5.38. The molecule has 0 aliphatic rings. The second-order valence-corrected chi connectivity index (χ2v) is 7.26. The largest absolute Gasteiger partial charge is 0.496 e. The van der Waals surface area contributed by atoms with Crippen LogP contribution >= 0.6 is 0 Å². The summed E-state index contributed by atoms with van der Waals surface area (Å²) in [6, 6.07) is 24.4. The summed E-state index contributed by atoms with van der Waals surface area (Å²) in [6.45, 7) is 0. The molecule has 2 aromatic heterocycles. The summed E-state index contributed by atoms with van der Waals surface area (Å²) in [5.41, 5.74) is 4.30. The Morgan fingerprint density at radius 1 is 0.909 bits per heavy atom. The highest BCUT2D eigenvalue weighted by molar-refractivity contribution is 6.11. The number of H-pyrrole nitrogens is 1. The van der Waals surface area contributed by atoms with E-state index >= 15 is 0 Å². The molecule has 0 bridgehead atoms. The van der Waals surface area contributed by atoms with Gasteiger partial charge in [-0.15, -0.1) is 0 Å². The fraction of sp³-hybridized carbons (Fsp3) is 0.0400. The lowest BCUT2D eigenvalue weighted by atomic mass is 10.1. The SMILES string of the molecule is COc1ccccc1-c1cc(Nc2ccc(NC(=O)c3n[nH]c4ccccc34)cc2)ncn1. The van der Waals surface area contributed by atoms with Crippen molar-refractivity contribution in [3.8, 4) is 17.0 Å². The molecule has 2 heterocycles. The van der Waals surface area contributed by atoms with Gasteiger partial charge in [0.1, 0.15) is 17.9 Å². The van der Waals surface area contributed by atoms with Crippen molar-refractivity contribution >= 4 is 34.0 Å². The number of aromatic nitrogens is 4. The number of nitrogens with one attached hydrogen (secondary N) is 3. The van der Waals surface area contributed by atoms with Crippen molar-refractivity contribution in [2.75, 3.05) is 17.7 Å². The normalized spacial score (nSPS) is 10.7. The van der Waals surface area contributed by atoms with Crippen molar-refractivity contribution in [1.29, 1.82) is 0 Å². The van der Waals surface area contributed by atoms with Crippen LogP contribution < -0.4 is 15.4 Å². The van der Waals surface area contributed by atoms with Crippen molar-refractivity contribution in [2.24, 2.45) is 0 Å². The van der Waals surface area contributed by atoms with Crippen LogP contribution in [0.25, 0.3) is 22.2 Å². The van der Waals surface area contributed by atoms with Crippen LogP contribution in [0, 0.1) is 0 Å². The zero-order chi connectivity index (χ0) is 22.6. The number of hydrogen-bond donors (Lipinski definition) is 3. The van der Waals surface area contributed by atoms with Crippen LogP contribution in [0.4, 0.5) is 17.2 Å². The number of ether oxygens (including phenoxy) is 1. The van der Waals surface area contributed by atoms with E-state index in [-0.39, 0.29) is 5.91 Å². The lowest BCUT2D eigenvalue weighted by molar-refractivity contribution is 0.102. The molecule has 0 saturated carbocycles. The molecule has 0 aliphatic heterocycles. The van der Waals surface area contributed by atoms with E-state index in [4.69, 9.17) is 4.74 Å². The van der Waals surface area contributed by atoms with Gasteiger partial charge in [-0.25, -0.2) is 9.97 Å². The minimum absolute atomic E-state index is 0.273. The third kappa shape index (κ3) is 4.22. The van der Waals surface area contributed by atoms with Crippen molar-refractivity contribution in [1.82, 2.24) is 20.2 Å². The lowest BCUT2D eigenvalue weighted by Gasteiger charge is -2.10. The van der Waals surface area contributed by atoms with Gasteiger partial charge in [0.25, 0.3) is 5.91 Å². The Labute approximate surface area is 189 Å². The van der Waals surface area contributed by atoms with E-state index in [2.05, 4.69) is 30.8 Å². The van der Waals surface area contributed by atoms with Crippen molar-refractivity contribution < 1.29 is 9.53 Å². The molecule has 0 spiro atoms. The van der Waals surface area contributed by atoms with Crippen LogP contribution in [0.15, 0.2) is 85.2 Å². The topological polar surface area (TPSA) is 105 Å². The molecular formula is C25H20N6O2. The number of methoxy groups -OCH3 is 1. The van der Waals surface area contributed by atoms with Gasteiger partial charge in [-0.05, 0) is 42.5 Å². The summed E-state index contributed by atoms with van der Waals surface area (Å²) < 4.78 is 5.43. The Morgan fingerprint density at radius 3 is 2.52 bits per heavy atom. The number of hydrogen-bond acceptors (Lipinski definition) is 6. The molecular weight excluding hydrogens is 416 g/mol. The van der Waals surface area contributed by atoms with E-state index in [9.17, 15) is 4.79 Å². The van der Waals surface area contributed by atoms with Gasteiger partial charge in [-0.1, -0.05) is 30.3 Å². The van der Waals surface area contributed by atoms with Crippen LogP contribution in [-0.2, 0) is 0 Å². The van der Waals surface area contributed by atoms with Gasteiger partial charge in [-0.3, -0.25) is 9.89 Å². The molecule has 3 N–H and O–H groups in total. The fourth-order valence-corrected chi connectivity index (χ4v) is 3.54. The highest BCUT2D eigenvalue weighted by Crippen LogP contribution is 2.29. The average Bonchev–Trinajstić information content (AvgIpc) is 3.30. The third-order valence-electron chi connectivity index (χ3n) is 5.15. The number of nitrogens with zero attached hydrogens (tertiary/aromatic N) is 3. The molecule has 0 aliphatic carbocycles. The summed E-state index contributed by atoms with van der Waals surface area (Å²) in [5, 5.41) is 13.9. The summed E-state index contributed by atoms with van der Waals surface area (Å²) >= 11 is 0. The van der Waals surface area contributed by atoms with E-state index in [1.165, 1.54) is 6.33 Å². The molecule has 5 aromatic rings. The molecule has 8 heteroatoms. The number of fused-ring (bicyclic) bond motifs is 1. The van der Waals surface area contributed by atoms with E-state index in [1.54, 1.807) is 7.11 Å². The average molecular weight is 436 g/mol. The molecule has 0 fully saturated rings. The molecule has 33 heavy (non-hydrogen) atoms. The Bertz CT molecular complexity index is 1430. The van der Waals surface area contributed by atoms with Crippen LogP contribution in [0.1, 0.15) is 10.5 Å². The van der Waals surface area contributed by atoms with Crippen molar-refractivity contribution in [3.05, 3.63) is 90.9 Å². The highest BCUT2D eigenvalue weighted by Gasteiger charge is 2.14. The van der Waals surface area contributed by atoms with Gasteiger partial charge in [0, 0.05) is 28.4 Å². The number of anilines is 3. The van der Waals surface area contributed by atoms with Gasteiger partial charge < -0.3 is 15.4 Å². The number of carbonyl (C=O) groups excluding carboxylic acids is 1. The number of benzene rings is 3. The maximum Gasteiger partial charge on any atom is 0.276 e. The smallest absolute Gasteiger partial charge is 0.276 e. The maximum atomic E-state index is 12.7. The molecule has 0 saturated heterocycles. The number of amides is 1. The predicted octanol–water partition coefficient (Wildman–Crippen LogP) is 5.02. The third-order valence-corrected chi connectivity index (χ3v) is 5.15. The standard InChI is InChI=1S/C25H20N6O2/c1-33-22-9-5-3-6-18(22)21-14-23(27-15-26-21)28-16-10-12-17(13-11-16)29-25(32)24-19-7-2-4-8-20(19)30-31-24/h2-15H,1H3,(H,29,32)(H,30,31)(H,26,27,28). The lowest BCUT2D eigenvalue weighted by Crippen LogP contribution is -2.12. The first-order chi connectivity index (χ1) is 16.2. The number of carbonyl (C=O) groups is 1. The second-order valence-electron chi connectivity index (χ2n) is 7.26. The Morgan fingerprint density at radius 2 is 1.67 bits per heavy atom. The van der Waals surface area contributed by atoms with Crippen molar-refractivity contribution in [2.45, 2.75) is 0 Å². The molecule has 162 valence electrons. The number of aromatic amines is 1. The minimum atomic E-state index is -0.273. The van der Waals surface area contributed by atoms with Gasteiger partial charge >= 0.3 is 0 Å². The van der Waals surface area contributed by atoms with Crippen LogP contribution in [0.3, 0.4) is 0 Å². The van der Waals surface area contributed by atoms with Crippen LogP contribution in [0.2, 0.25) is 0 Å². The molecule has 1 amide bonds. The number of para-hydroxylation sites is 2. The first kappa shape index (κ1) is 20.2.